The smallest absolute Gasteiger partial charge is 0.133 e. The fraction of sp³-hybridized carbons (Fsp3) is 0.375. The van der Waals surface area contributed by atoms with E-state index in [2.05, 4.69) is 11.1 Å². The van der Waals surface area contributed by atoms with Crippen LogP contribution in [-0.4, -0.2) is 5.16 Å². The van der Waals surface area contributed by atoms with Crippen molar-refractivity contribution in [3.8, 4) is 12.3 Å². The number of hydrogen-bond donors (Lipinski definition) is 0. The molecule has 0 fully saturated rings. The summed E-state index contributed by atoms with van der Waals surface area (Å²) >= 11 is 0. The Kier molecular flexibility index (Phi) is 2.11. The van der Waals surface area contributed by atoms with Crippen LogP contribution in [-0.2, 0) is 6.42 Å². The van der Waals surface area contributed by atoms with Crippen molar-refractivity contribution in [3.05, 3.63) is 17.5 Å². The van der Waals surface area contributed by atoms with Crippen LogP contribution < -0.4 is 0 Å². The molecule has 1 rings (SSSR count). The van der Waals surface area contributed by atoms with E-state index in [1.807, 2.05) is 13.0 Å². The van der Waals surface area contributed by atoms with Crippen LogP contribution in [0.5, 0.6) is 0 Å². The Morgan fingerprint density at radius 3 is 3.10 bits per heavy atom. The molecular formula is C8H9NO. The first-order valence-electron chi connectivity index (χ1n) is 3.18. The second-order valence-electron chi connectivity index (χ2n) is 2.13. The predicted octanol–water partition coefficient (Wildman–Crippen LogP) is 1.55. The number of hydrogen-bond acceptors (Lipinski definition) is 2. The summed E-state index contributed by atoms with van der Waals surface area (Å²) in [5.41, 5.74) is 0.940. The molecule has 0 unspecified atom stereocenters. The van der Waals surface area contributed by atoms with Crippen molar-refractivity contribution in [1.29, 1.82) is 0 Å². The molecule has 0 N–H and O–H groups in total. The lowest BCUT2D eigenvalue weighted by molar-refractivity contribution is 0.390. The SMILES string of the molecule is C#CCCc1cc(C)on1. The maximum atomic E-state index is 5.07. The molecule has 0 aliphatic rings. The van der Waals surface area contributed by atoms with Gasteiger partial charge >= 0.3 is 0 Å². The van der Waals surface area contributed by atoms with E-state index >= 15 is 0 Å². The summed E-state index contributed by atoms with van der Waals surface area (Å²) in [7, 11) is 0. The van der Waals surface area contributed by atoms with Crippen molar-refractivity contribution in [2.75, 3.05) is 0 Å². The first-order chi connectivity index (χ1) is 4.83. The van der Waals surface area contributed by atoms with Gasteiger partial charge < -0.3 is 4.52 Å². The first-order valence-corrected chi connectivity index (χ1v) is 3.18. The van der Waals surface area contributed by atoms with Crippen LogP contribution in [0, 0.1) is 19.3 Å². The van der Waals surface area contributed by atoms with Gasteiger partial charge in [-0.2, -0.15) is 0 Å². The monoisotopic (exact) mass is 135 g/mol. The molecule has 2 nitrogen and oxygen atoms in total. The second kappa shape index (κ2) is 3.07. The molecule has 0 saturated heterocycles. The minimum atomic E-state index is 0.728. The Hall–Kier alpha value is -1.23. The first kappa shape index (κ1) is 6.88. The van der Waals surface area contributed by atoms with Gasteiger partial charge in [-0.15, -0.1) is 12.3 Å². The number of aromatic nitrogens is 1. The highest BCUT2D eigenvalue weighted by molar-refractivity contribution is 5.05. The zero-order chi connectivity index (χ0) is 7.40. The summed E-state index contributed by atoms with van der Waals surface area (Å²) in [5.74, 6) is 3.38. The van der Waals surface area contributed by atoms with Crippen molar-refractivity contribution < 1.29 is 4.52 Å². The van der Waals surface area contributed by atoms with Crippen LogP contribution in [0.4, 0.5) is 0 Å². The molecule has 0 aliphatic carbocycles. The lowest BCUT2D eigenvalue weighted by Gasteiger charge is -1.82. The van der Waals surface area contributed by atoms with Crippen molar-refractivity contribution in [1.82, 2.24) is 5.16 Å². The van der Waals surface area contributed by atoms with Crippen LogP contribution in [0.15, 0.2) is 10.6 Å². The molecule has 0 aromatic carbocycles. The maximum absolute atomic E-state index is 5.07. The van der Waals surface area contributed by atoms with Gasteiger partial charge in [-0.3, -0.25) is 0 Å². The predicted molar refractivity (Wildman–Crippen MR) is 38.4 cm³/mol. The third-order valence-corrected chi connectivity index (χ3v) is 1.20. The average molecular weight is 135 g/mol. The normalized spacial score (nSPS) is 9.20. The van der Waals surface area contributed by atoms with Crippen LogP contribution in [0.3, 0.4) is 0 Å². The number of nitrogens with zero attached hydrogens (tertiary/aromatic N) is 1. The van der Waals surface area contributed by atoms with Gasteiger partial charge in [-0.25, -0.2) is 0 Å². The minimum Gasteiger partial charge on any atom is -0.361 e. The summed E-state index contributed by atoms with van der Waals surface area (Å²) in [6, 6.07) is 1.90. The fourth-order valence-corrected chi connectivity index (χ4v) is 0.736. The molecule has 0 saturated carbocycles. The molecule has 0 radical (unpaired) electrons. The van der Waals surface area contributed by atoms with E-state index in [0.717, 1.165) is 24.3 Å². The molecule has 0 bridgehead atoms. The molecular weight excluding hydrogens is 126 g/mol. The molecule has 10 heavy (non-hydrogen) atoms. The fourth-order valence-electron chi connectivity index (χ4n) is 0.736. The Morgan fingerprint density at radius 2 is 2.60 bits per heavy atom. The van der Waals surface area contributed by atoms with Crippen molar-refractivity contribution in [2.45, 2.75) is 19.8 Å². The average Bonchev–Trinajstić information content (AvgIpc) is 2.31. The Labute approximate surface area is 60.2 Å². The molecule has 0 aliphatic heterocycles. The number of aryl methyl sites for hydroxylation is 2. The standard InChI is InChI=1S/C8H9NO/c1-3-4-5-8-6-7(2)10-9-8/h1,6H,4-5H2,2H3. The maximum Gasteiger partial charge on any atom is 0.133 e. The van der Waals surface area contributed by atoms with Gasteiger partial charge in [-0.1, -0.05) is 5.16 Å². The molecule has 52 valence electrons. The topological polar surface area (TPSA) is 26.0 Å². The van der Waals surface area contributed by atoms with Gasteiger partial charge in [0.05, 0.1) is 5.69 Å². The van der Waals surface area contributed by atoms with Crippen LogP contribution in [0.25, 0.3) is 0 Å². The van der Waals surface area contributed by atoms with E-state index in [1.54, 1.807) is 0 Å². The van der Waals surface area contributed by atoms with E-state index in [9.17, 15) is 0 Å². The highest BCUT2D eigenvalue weighted by atomic mass is 16.5. The zero-order valence-corrected chi connectivity index (χ0v) is 5.92. The quantitative estimate of drug-likeness (QED) is 0.575. The van der Waals surface area contributed by atoms with Gasteiger partial charge in [0, 0.05) is 18.9 Å². The molecule has 1 heterocycles. The van der Waals surface area contributed by atoms with E-state index in [1.165, 1.54) is 0 Å². The van der Waals surface area contributed by atoms with E-state index < -0.39 is 0 Å². The van der Waals surface area contributed by atoms with Crippen molar-refractivity contribution >= 4 is 0 Å². The van der Waals surface area contributed by atoms with Gasteiger partial charge in [0.1, 0.15) is 5.76 Å². The molecule has 1 aromatic heterocycles. The Bertz CT molecular complexity index is 244. The zero-order valence-electron chi connectivity index (χ0n) is 5.92. The lowest BCUT2D eigenvalue weighted by atomic mass is 10.2. The van der Waals surface area contributed by atoms with Crippen molar-refractivity contribution in [2.24, 2.45) is 0 Å². The largest absolute Gasteiger partial charge is 0.361 e. The second-order valence-corrected chi connectivity index (χ2v) is 2.13. The highest BCUT2D eigenvalue weighted by Gasteiger charge is 1.96. The van der Waals surface area contributed by atoms with E-state index in [4.69, 9.17) is 10.9 Å². The van der Waals surface area contributed by atoms with E-state index in [0.29, 0.717) is 0 Å². The van der Waals surface area contributed by atoms with Crippen LogP contribution in [0.2, 0.25) is 0 Å². The molecule has 2 heteroatoms. The minimum absolute atomic E-state index is 0.728. The summed E-state index contributed by atoms with van der Waals surface area (Å²) in [5, 5.41) is 3.78. The lowest BCUT2D eigenvalue weighted by Crippen LogP contribution is -1.80. The summed E-state index contributed by atoms with van der Waals surface area (Å²) in [6.45, 7) is 1.87. The van der Waals surface area contributed by atoms with Crippen LogP contribution in [0.1, 0.15) is 17.9 Å². The highest BCUT2D eigenvalue weighted by Crippen LogP contribution is 2.03. The van der Waals surface area contributed by atoms with Crippen molar-refractivity contribution in [3.63, 3.8) is 0 Å². The van der Waals surface area contributed by atoms with Gasteiger partial charge in [0.15, 0.2) is 0 Å². The Balaban J connectivity index is 2.52. The molecule has 0 amide bonds. The third kappa shape index (κ3) is 1.63. The van der Waals surface area contributed by atoms with E-state index in [-0.39, 0.29) is 0 Å². The van der Waals surface area contributed by atoms with Gasteiger partial charge in [-0.05, 0) is 6.92 Å². The third-order valence-electron chi connectivity index (χ3n) is 1.20. The number of rotatable bonds is 2. The summed E-state index contributed by atoms with van der Waals surface area (Å²) in [4.78, 5) is 0. The summed E-state index contributed by atoms with van der Waals surface area (Å²) < 4.78 is 4.84. The van der Waals surface area contributed by atoms with Gasteiger partial charge in [0.25, 0.3) is 0 Å². The molecule has 1 aromatic rings. The Morgan fingerprint density at radius 1 is 1.80 bits per heavy atom. The number of terminal acetylenes is 1. The molecule has 0 spiro atoms. The van der Waals surface area contributed by atoms with Crippen LogP contribution >= 0.6 is 0 Å². The van der Waals surface area contributed by atoms with Gasteiger partial charge in [0.2, 0.25) is 0 Å². The summed E-state index contributed by atoms with van der Waals surface area (Å²) in [6.07, 6.45) is 6.62. The molecule has 0 atom stereocenters.